The Bertz CT molecular complexity index is 852. The van der Waals surface area contributed by atoms with Gasteiger partial charge in [-0.05, 0) is 43.9 Å². The van der Waals surface area contributed by atoms with Crippen molar-refractivity contribution in [3.63, 3.8) is 0 Å². The van der Waals surface area contributed by atoms with Crippen molar-refractivity contribution in [1.29, 1.82) is 0 Å². The Morgan fingerprint density at radius 3 is 2.56 bits per heavy atom. The Balaban J connectivity index is 2.08. The first-order valence-electron chi connectivity index (χ1n) is 7.83. The Morgan fingerprint density at radius 2 is 2.00 bits per heavy atom. The third-order valence-corrected chi connectivity index (χ3v) is 7.56. The van der Waals surface area contributed by atoms with Gasteiger partial charge in [0, 0.05) is 17.1 Å². The predicted octanol–water partition coefficient (Wildman–Crippen LogP) is 2.06. The summed E-state index contributed by atoms with van der Waals surface area (Å²) in [6, 6.07) is 1.71. The van der Waals surface area contributed by atoms with Gasteiger partial charge in [-0.3, -0.25) is 4.79 Å². The SMILES string of the molecule is COC(=O)c1cc(Cl)c(C)c(S(=O)(=O)N2C3CCC2C(C(=O)O)C3)c1. The second kappa shape index (κ2) is 6.26. The number of carboxylic acid groups (broad SMARTS) is 1. The molecule has 0 aliphatic carbocycles. The number of ether oxygens (including phenoxy) is 1. The van der Waals surface area contributed by atoms with E-state index in [4.69, 9.17) is 11.6 Å². The fraction of sp³-hybridized carbons (Fsp3) is 0.500. The van der Waals surface area contributed by atoms with Gasteiger partial charge in [-0.15, -0.1) is 0 Å². The molecule has 3 unspecified atom stereocenters. The van der Waals surface area contributed by atoms with E-state index in [-0.39, 0.29) is 21.5 Å². The molecule has 2 bridgehead atoms. The second-order valence-corrected chi connectivity index (χ2v) is 8.61. The molecule has 3 rings (SSSR count). The van der Waals surface area contributed by atoms with Gasteiger partial charge in [0.15, 0.2) is 0 Å². The van der Waals surface area contributed by atoms with E-state index in [0.29, 0.717) is 24.8 Å². The van der Waals surface area contributed by atoms with E-state index in [0.717, 1.165) is 0 Å². The van der Waals surface area contributed by atoms with Gasteiger partial charge in [0.05, 0.1) is 23.5 Å². The minimum atomic E-state index is -3.98. The molecule has 0 amide bonds. The van der Waals surface area contributed by atoms with Crippen LogP contribution in [0.25, 0.3) is 0 Å². The van der Waals surface area contributed by atoms with Crippen molar-refractivity contribution < 1.29 is 27.9 Å². The van der Waals surface area contributed by atoms with Gasteiger partial charge in [0.25, 0.3) is 0 Å². The molecule has 9 heteroatoms. The summed E-state index contributed by atoms with van der Waals surface area (Å²) in [5.41, 5.74) is 0.366. The Morgan fingerprint density at radius 1 is 1.32 bits per heavy atom. The number of carbonyl (C=O) groups is 2. The Kier molecular flexibility index (Phi) is 4.55. The minimum Gasteiger partial charge on any atom is -0.481 e. The van der Waals surface area contributed by atoms with Crippen LogP contribution in [-0.4, -0.2) is 49.0 Å². The first-order chi connectivity index (χ1) is 11.7. The molecular formula is C16H18ClNO6S. The number of aliphatic carboxylic acids is 1. The number of hydrogen-bond donors (Lipinski definition) is 1. The number of carbonyl (C=O) groups excluding carboxylic acids is 1. The molecule has 1 aromatic carbocycles. The molecule has 1 N–H and O–H groups in total. The van der Waals surface area contributed by atoms with Gasteiger partial charge >= 0.3 is 11.9 Å². The first-order valence-corrected chi connectivity index (χ1v) is 9.65. The van der Waals surface area contributed by atoms with E-state index < -0.39 is 33.9 Å². The predicted molar refractivity (Wildman–Crippen MR) is 89.1 cm³/mol. The number of benzene rings is 1. The highest BCUT2D eigenvalue weighted by molar-refractivity contribution is 7.89. The molecule has 0 radical (unpaired) electrons. The van der Waals surface area contributed by atoms with E-state index >= 15 is 0 Å². The van der Waals surface area contributed by atoms with E-state index in [1.807, 2.05) is 0 Å². The molecule has 2 aliphatic rings. The van der Waals surface area contributed by atoms with Crippen LogP contribution < -0.4 is 0 Å². The molecule has 25 heavy (non-hydrogen) atoms. The highest BCUT2D eigenvalue weighted by atomic mass is 35.5. The van der Waals surface area contributed by atoms with Crippen LogP contribution in [0.1, 0.15) is 35.2 Å². The lowest BCUT2D eigenvalue weighted by atomic mass is 9.89. The van der Waals surface area contributed by atoms with Crippen LogP contribution in [0.3, 0.4) is 0 Å². The fourth-order valence-corrected chi connectivity index (χ4v) is 6.32. The zero-order valence-corrected chi connectivity index (χ0v) is 15.3. The van der Waals surface area contributed by atoms with Crippen LogP contribution in [0.2, 0.25) is 5.02 Å². The van der Waals surface area contributed by atoms with E-state index in [2.05, 4.69) is 4.74 Å². The van der Waals surface area contributed by atoms with Gasteiger partial charge in [0.1, 0.15) is 0 Å². The van der Waals surface area contributed by atoms with Crippen LogP contribution in [0.4, 0.5) is 0 Å². The average molecular weight is 388 g/mol. The number of sulfonamides is 1. The molecule has 0 aromatic heterocycles. The summed E-state index contributed by atoms with van der Waals surface area (Å²) >= 11 is 6.12. The standard InChI is InChI=1S/C16H18ClNO6S/c1-8-12(17)5-9(16(21)24-2)6-14(8)25(22,23)18-10-3-4-13(18)11(7-10)15(19)20/h5-6,10-11,13H,3-4,7H2,1-2H3,(H,19,20). The molecule has 2 fully saturated rings. The van der Waals surface area contributed by atoms with Gasteiger partial charge in [0.2, 0.25) is 10.0 Å². The molecule has 3 atom stereocenters. The number of fused-ring (bicyclic) bond motifs is 2. The third-order valence-electron chi connectivity index (χ3n) is 5.06. The monoisotopic (exact) mass is 387 g/mol. The lowest BCUT2D eigenvalue weighted by molar-refractivity contribution is -0.142. The smallest absolute Gasteiger partial charge is 0.337 e. The molecule has 2 heterocycles. The number of halogens is 1. The molecule has 7 nitrogen and oxygen atoms in total. The topological polar surface area (TPSA) is 101 Å². The molecule has 2 aliphatic heterocycles. The molecular weight excluding hydrogens is 370 g/mol. The van der Waals surface area contributed by atoms with Crippen LogP contribution in [-0.2, 0) is 19.6 Å². The van der Waals surface area contributed by atoms with Crippen LogP contribution in [0, 0.1) is 12.8 Å². The number of esters is 1. The van der Waals surface area contributed by atoms with E-state index in [1.165, 1.54) is 23.5 Å². The normalized spacial score (nSPS) is 26.0. The van der Waals surface area contributed by atoms with Crippen molar-refractivity contribution in [2.24, 2.45) is 5.92 Å². The summed E-state index contributed by atoms with van der Waals surface area (Å²) < 4.78 is 32.4. The Labute approximate surface area is 150 Å². The van der Waals surface area contributed by atoms with Gasteiger partial charge in [-0.2, -0.15) is 4.31 Å². The zero-order chi connectivity index (χ0) is 18.5. The van der Waals surface area contributed by atoms with Crippen molar-refractivity contribution in [1.82, 2.24) is 4.31 Å². The summed E-state index contributed by atoms with van der Waals surface area (Å²) in [6.45, 7) is 1.56. The van der Waals surface area contributed by atoms with Crippen molar-refractivity contribution in [2.75, 3.05) is 7.11 Å². The highest BCUT2D eigenvalue weighted by Crippen LogP contribution is 2.45. The number of carboxylic acids is 1. The molecule has 0 spiro atoms. The van der Waals surface area contributed by atoms with Crippen molar-refractivity contribution in [2.45, 2.75) is 43.2 Å². The summed E-state index contributed by atoms with van der Waals surface area (Å²) in [6.07, 6.45) is 1.46. The van der Waals surface area contributed by atoms with Crippen LogP contribution in [0.15, 0.2) is 17.0 Å². The van der Waals surface area contributed by atoms with Crippen LogP contribution >= 0.6 is 11.6 Å². The van der Waals surface area contributed by atoms with Gasteiger partial charge in [-0.25, -0.2) is 13.2 Å². The average Bonchev–Trinajstić information content (AvgIpc) is 3.15. The second-order valence-electron chi connectivity index (χ2n) is 6.39. The largest absolute Gasteiger partial charge is 0.481 e. The first kappa shape index (κ1) is 18.2. The highest BCUT2D eigenvalue weighted by Gasteiger charge is 2.54. The maximum atomic E-state index is 13.2. The summed E-state index contributed by atoms with van der Waals surface area (Å²) in [5, 5.41) is 9.47. The van der Waals surface area contributed by atoms with E-state index in [1.54, 1.807) is 6.92 Å². The number of rotatable bonds is 4. The van der Waals surface area contributed by atoms with Crippen molar-refractivity contribution in [3.05, 3.63) is 28.3 Å². The molecule has 0 saturated carbocycles. The van der Waals surface area contributed by atoms with Crippen molar-refractivity contribution in [3.8, 4) is 0 Å². The fourth-order valence-electron chi connectivity index (χ4n) is 3.85. The zero-order valence-electron chi connectivity index (χ0n) is 13.7. The third kappa shape index (κ3) is 2.82. The lowest BCUT2D eigenvalue weighted by Crippen LogP contribution is -2.38. The number of methoxy groups -OCH3 is 1. The Hall–Kier alpha value is -1.64. The summed E-state index contributed by atoms with van der Waals surface area (Å²) in [5.74, 6) is -2.37. The maximum Gasteiger partial charge on any atom is 0.337 e. The van der Waals surface area contributed by atoms with Gasteiger partial charge in [-0.1, -0.05) is 11.6 Å². The van der Waals surface area contributed by atoms with Gasteiger partial charge < -0.3 is 9.84 Å². The molecule has 1 aromatic rings. The van der Waals surface area contributed by atoms with Crippen molar-refractivity contribution >= 4 is 33.6 Å². The minimum absolute atomic E-state index is 0.0398. The lowest BCUT2D eigenvalue weighted by Gasteiger charge is -2.24. The number of hydrogen-bond acceptors (Lipinski definition) is 5. The summed E-state index contributed by atoms with van der Waals surface area (Å²) in [4.78, 5) is 23.1. The summed E-state index contributed by atoms with van der Waals surface area (Å²) in [7, 11) is -2.78. The molecule has 136 valence electrons. The van der Waals surface area contributed by atoms with E-state index in [9.17, 15) is 23.1 Å². The quantitative estimate of drug-likeness (QED) is 0.793. The molecule has 2 saturated heterocycles. The maximum absolute atomic E-state index is 13.2. The number of nitrogens with zero attached hydrogens (tertiary/aromatic N) is 1. The van der Waals surface area contributed by atoms with Crippen LogP contribution in [0.5, 0.6) is 0 Å².